The number of carbonyl (C=O) groups is 2. The van der Waals surface area contributed by atoms with Crippen molar-refractivity contribution in [1.29, 1.82) is 0 Å². The summed E-state index contributed by atoms with van der Waals surface area (Å²) in [5.41, 5.74) is 0. The van der Waals surface area contributed by atoms with Gasteiger partial charge in [-0.05, 0) is 18.0 Å². The molecule has 11 heavy (non-hydrogen) atoms. The second-order valence-corrected chi connectivity index (χ2v) is 2.16. The molecule has 0 heterocycles. The molecule has 0 aliphatic carbocycles. The van der Waals surface area contributed by atoms with Crippen molar-refractivity contribution in [3.63, 3.8) is 0 Å². The van der Waals surface area contributed by atoms with Crippen molar-refractivity contribution in [3.05, 3.63) is 0 Å². The third-order valence-electron chi connectivity index (χ3n) is 0.876. The third-order valence-corrected chi connectivity index (χ3v) is 1.03. The molecule has 0 aromatic carbocycles. The summed E-state index contributed by atoms with van der Waals surface area (Å²) < 4.78 is 0. The number of unbranched alkanes of at least 4 members (excludes halogenated alkanes) is 1. The zero-order valence-corrected chi connectivity index (χ0v) is 6.89. The van der Waals surface area contributed by atoms with Gasteiger partial charge in [0.1, 0.15) is 0 Å². The van der Waals surface area contributed by atoms with E-state index in [1.807, 2.05) is 6.92 Å². The molecule has 0 radical (unpaired) electrons. The maximum atomic E-state index is 10.3. The van der Waals surface area contributed by atoms with Crippen molar-refractivity contribution >= 4 is 22.8 Å². The Hall–Kier alpha value is -0.610. The van der Waals surface area contributed by atoms with Crippen LogP contribution in [0.3, 0.4) is 0 Å². The molecule has 64 valence electrons. The highest BCUT2D eigenvalue weighted by Gasteiger charge is 2.12. The molecular formula is C6H9ClO4. The Balaban J connectivity index is 3.25. The molecular weight excluding hydrogens is 172 g/mol. The van der Waals surface area contributed by atoms with E-state index >= 15 is 0 Å². The van der Waals surface area contributed by atoms with Crippen LogP contribution in [0.25, 0.3) is 0 Å². The molecule has 0 atom stereocenters. The third kappa shape index (κ3) is 5.82. The summed E-state index contributed by atoms with van der Waals surface area (Å²) in [6.45, 7) is 2.24. The smallest absolute Gasteiger partial charge is 0.288 e. The molecule has 4 nitrogen and oxygen atoms in total. The number of hydrogen-bond acceptors (Lipinski definition) is 4. The van der Waals surface area contributed by atoms with E-state index in [1.165, 1.54) is 0 Å². The minimum Gasteiger partial charge on any atom is -0.288 e. The van der Waals surface area contributed by atoms with Crippen LogP contribution in [-0.4, -0.2) is 17.8 Å². The topological polar surface area (TPSA) is 52.6 Å². The largest absolute Gasteiger partial charge is 0.424 e. The zero-order valence-electron chi connectivity index (χ0n) is 6.13. The first-order chi connectivity index (χ1) is 5.18. The molecule has 0 aromatic rings. The number of halogens is 1. The van der Waals surface area contributed by atoms with Crippen LogP contribution in [0.15, 0.2) is 0 Å². The Kier molecular flexibility index (Phi) is 5.78. The van der Waals surface area contributed by atoms with Gasteiger partial charge in [-0.15, -0.1) is 0 Å². The van der Waals surface area contributed by atoms with Crippen LogP contribution in [0.2, 0.25) is 0 Å². The molecule has 0 saturated heterocycles. The Bertz CT molecular complexity index is 146. The molecule has 0 aliphatic rings. The SMILES string of the molecule is CCCCOOC(=O)C(=O)Cl. The Labute approximate surface area is 69.3 Å². The Morgan fingerprint density at radius 3 is 2.55 bits per heavy atom. The number of rotatable bonds is 5. The summed E-state index contributed by atoms with van der Waals surface area (Å²) in [6.07, 6.45) is 1.69. The first-order valence-corrected chi connectivity index (χ1v) is 3.59. The predicted molar refractivity (Wildman–Crippen MR) is 37.8 cm³/mol. The number of carbonyl (C=O) groups excluding carboxylic acids is 2. The lowest BCUT2D eigenvalue weighted by Gasteiger charge is -1.98. The van der Waals surface area contributed by atoms with Crippen molar-refractivity contribution in [1.82, 2.24) is 0 Å². The molecule has 0 aliphatic heterocycles. The van der Waals surface area contributed by atoms with Crippen LogP contribution in [0.4, 0.5) is 0 Å². The Morgan fingerprint density at radius 1 is 1.45 bits per heavy atom. The fourth-order valence-corrected chi connectivity index (χ4v) is 0.363. The molecule has 0 saturated carbocycles. The van der Waals surface area contributed by atoms with Crippen LogP contribution in [0.1, 0.15) is 19.8 Å². The second-order valence-electron chi connectivity index (χ2n) is 1.82. The molecule has 0 spiro atoms. The lowest BCUT2D eigenvalue weighted by Crippen LogP contribution is -2.12. The average molecular weight is 181 g/mol. The van der Waals surface area contributed by atoms with Gasteiger partial charge in [0, 0.05) is 0 Å². The maximum absolute atomic E-state index is 10.3. The summed E-state index contributed by atoms with van der Waals surface area (Å²) in [6, 6.07) is 0. The summed E-state index contributed by atoms with van der Waals surface area (Å²) in [5.74, 6) is -1.18. The predicted octanol–water partition coefficient (Wildman–Crippen LogP) is 1.03. The van der Waals surface area contributed by atoms with Crippen molar-refractivity contribution in [2.45, 2.75) is 19.8 Å². The van der Waals surface area contributed by atoms with Crippen molar-refractivity contribution < 1.29 is 19.4 Å². The van der Waals surface area contributed by atoms with Gasteiger partial charge >= 0.3 is 11.2 Å². The normalized spacial score (nSPS) is 9.27. The molecule has 5 heteroatoms. The van der Waals surface area contributed by atoms with Crippen LogP contribution in [0.5, 0.6) is 0 Å². The van der Waals surface area contributed by atoms with E-state index in [4.69, 9.17) is 11.6 Å². The lowest BCUT2D eigenvalue weighted by molar-refractivity contribution is -0.268. The number of hydrogen-bond donors (Lipinski definition) is 0. The maximum Gasteiger partial charge on any atom is 0.424 e. The minimum absolute atomic E-state index is 0.284. The fourth-order valence-electron chi connectivity index (χ4n) is 0.331. The molecule has 0 bridgehead atoms. The van der Waals surface area contributed by atoms with E-state index < -0.39 is 11.2 Å². The highest BCUT2D eigenvalue weighted by atomic mass is 35.5. The van der Waals surface area contributed by atoms with E-state index in [0.717, 1.165) is 12.8 Å². The molecule has 0 amide bonds. The first-order valence-electron chi connectivity index (χ1n) is 3.21. The van der Waals surface area contributed by atoms with E-state index in [1.54, 1.807) is 0 Å². The second kappa shape index (κ2) is 6.12. The summed E-state index contributed by atoms with van der Waals surface area (Å²) in [7, 11) is 0. The molecule has 0 N–H and O–H groups in total. The van der Waals surface area contributed by atoms with Gasteiger partial charge in [0.05, 0.1) is 6.61 Å². The van der Waals surface area contributed by atoms with E-state index in [-0.39, 0.29) is 6.61 Å². The van der Waals surface area contributed by atoms with Crippen molar-refractivity contribution in [2.24, 2.45) is 0 Å². The Morgan fingerprint density at radius 2 is 2.09 bits per heavy atom. The molecule has 0 fully saturated rings. The van der Waals surface area contributed by atoms with Gasteiger partial charge in [-0.2, -0.15) is 4.89 Å². The zero-order chi connectivity index (χ0) is 8.69. The van der Waals surface area contributed by atoms with Crippen LogP contribution in [0, 0.1) is 0 Å². The molecule has 0 unspecified atom stereocenters. The van der Waals surface area contributed by atoms with E-state index in [0.29, 0.717) is 0 Å². The summed E-state index contributed by atoms with van der Waals surface area (Å²) in [5, 5.41) is -1.18. The van der Waals surface area contributed by atoms with Crippen LogP contribution in [-0.2, 0) is 19.4 Å². The average Bonchev–Trinajstić information content (AvgIpc) is 1.97. The molecule has 0 aromatic heterocycles. The van der Waals surface area contributed by atoms with Gasteiger partial charge < -0.3 is 0 Å². The first kappa shape index (κ1) is 10.4. The highest BCUT2D eigenvalue weighted by molar-refractivity contribution is 6.80. The van der Waals surface area contributed by atoms with Gasteiger partial charge in [-0.1, -0.05) is 13.3 Å². The van der Waals surface area contributed by atoms with Gasteiger partial charge in [-0.3, -0.25) is 9.68 Å². The minimum atomic E-state index is -1.18. The quantitative estimate of drug-likeness (QED) is 0.209. The lowest BCUT2D eigenvalue weighted by atomic mass is 10.4. The van der Waals surface area contributed by atoms with Gasteiger partial charge in [0.25, 0.3) is 0 Å². The highest BCUT2D eigenvalue weighted by Crippen LogP contribution is 1.91. The van der Waals surface area contributed by atoms with E-state index in [9.17, 15) is 9.59 Å². The van der Waals surface area contributed by atoms with Crippen molar-refractivity contribution in [3.8, 4) is 0 Å². The van der Waals surface area contributed by atoms with Crippen molar-refractivity contribution in [2.75, 3.05) is 6.61 Å². The molecule has 0 rings (SSSR count). The van der Waals surface area contributed by atoms with Gasteiger partial charge in [-0.25, -0.2) is 4.79 Å². The van der Waals surface area contributed by atoms with E-state index in [2.05, 4.69) is 9.78 Å². The van der Waals surface area contributed by atoms with Gasteiger partial charge in [0.2, 0.25) is 0 Å². The fraction of sp³-hybridized carbons (Fsp3) is 0.667. The summed E-state index contributed by atoms with van der Waals surface area (Å²) >= 11 is 4.75. The monoisotopic (exact) mass is 180 g/mol. The van der Waals surface area contributed by atoms with Crippen LogP contribution < -0.4 is 0 Å². The van der Waals surface area contributed by atoms with Crippen LogP contribution >= 0.6 is 11.6 Å². The van der Waals surface area contributed by atoms with Gasteiger partial charge in [0.15, 0.2) is 0 Å². The summed E-state index contributed by atoms with van der Waals surface area (Å²) in [4.78, 5) is 28.6. The standard InChI is InChI=1S/C6H9ClO4/c1-2-3-4-10-11-6(9)5(7)8/h2-4H2,1H3.